The van der Waals surface area contributed by atoms with Gasteiger partial charge < -0.3 is 10.2 Å². The zero-order valence-electron chi connectivity index (χ0n) is 14.0. The van der Waals surface area contributed by atoms with Gasteiger partial charge in [-0.2, -0.15) is 0 Å². The van der Waals surface area contributed by atoms with Crippen molar-refractivity contribution in [3.05, 3.63) is 23.9 Å². The van der Waals surface area contributed by atoms with E-state index in [1.807, 2.05) is 0 Å². The molecule has 0 aromatic carbocycles. The summed E-state index contributed by atoms with van der Waals surface area (Å²) in [6.45, 7) is 7.76. The van der Waals surface area contributed by atoms with E-state index >= 15 is 0 Å². The summed E-state index contributed by atoms with van der Waals surface area (Å²) in [4.78, 5) is 9.55. The van der Waals surface area contributed by atoms with E-state index < -0.39 is 0 Å². The van der Waals surface area contributed by atoms with E-state index in [-0.39, 0.29) is 12.4 Å². The Balaban J connectivity index is 0.00000176. The first-order valence-electron chi connectivity index (χ1n) is 8.29. The van der Waals surface area contributed by atoms with Crippen molar-refractivity contribution in [1.82, 2.24) is 15.2 Å². The van der Waals surface area contributed by atoms with Crippen LogP contribution < -0.4 is 10.2 Å². The molecule has 2 atom stereocenters. The van der Waals surface area contributed by atoms with Gasteiger partial charge >= 0.3 is 0 Å². The van der Waals surface area contributed by atoms with Crippen LogP contribution >= 0.6 is 12.4 Å². The monoisotopic (exact) mass is 324 g/mol. The standard InChI is InChI=1S/C17H28N4.ClH/c1-13(2)20(3)17-7-4-14(10-19-17)12-21-15-5-6-16(21)11-18-9-8-15;/h4,7,10,13,15-16,18H,5-6,8-9,11-12H2,1-3H3;1H. The number of anilines is 1. The molecule has 0 spiro atoms. The van der Waals surface area contributed by atoms with Crippen molar-refractivity contribution < 1.29 is 0 Å². The highest BCUT2D eigenvalue weighted by molar-refractivity contribution is 5.85. The molecule has 0 amide bonds. The Kier molecular flexibility index (Phi) is 6.07. The first-order chi connectivity index (χ1) is 10.1. The van der Waals surface area contributed by atoms with Gasteiger partial charge in [0.2, 0.25) is 0 Å². The summed E-state index contributed by atoms with van der Waals surface area (Å²) in [7, 11) is 2.10. The maximum absolute atomic E-state index is 4.64. The van der Waals surface area contributed by atoms with Gasteiger partial charge in [-0.3, -0.25) is 4.90 Å². The van der Waals surface area contributed by atoms with Crippen LogP contribution in [-0.2, 0) is 6.54 Å². The molecular weight excluding hydrogens is 296 g/mol. The summed E-state index contributed by atoms with van der Waals surface area (Å²) in [5, 5.41) is 3.57. The summed E-state index contributed by atoms with van der Waals surface area (Å²) >= 11 is 0. The number of hydrogen-bond donors (Lipinski definition) is 1. The van der Waals surface area contributed by atoms with E-state index in [0.717, 1.165) is 31.0 Å². The first kappa shape index (κ1) is 17.5. The highest BCUT2D eigenvalue weighted by Gasteiger charge is 2.34. The van der Waals surface area contributed by atoms with Crippen LogP contribution in [0.15, 0.2) is 18.3 Å². The molecule has 2 unspecified atom stereocenters. The topological polar surface area (TPSA) is 31.4 Å². The van der Waals surface area contributed by atoms with Gasteiger partial charge in [0.1, 0.15) is 5.82 Å². The Bertz CT molecular complexity index is 448. The second kappa shape index (κ2) is 7.62. The Morgan fingerprint density at radius 1 is 1.27 bits per heavy atom. The molecule has 3 heterocycles. The van der Waals surface area contributed by atoms with Crippen molar-refractivity contribution in [3.8, 4) is 0 Å². The number of halogens is 1. The molecule has 2 fully saturated rings. The van der Waals surface area contributed by atoms with Gasteiger partial charge in [-0.1, -0.05) is 6.07 Å². The van der Waals surface area contributed by atoms with Crippen molar-refractivity contribution in [2.24, 2.45) is 0 Å². The number of fused-ring (bicyclic) bond motifs is 2. The fraction of sp³-hybridized carbons (Fsp3) is 0.706. The fourth-order valence-electron chi connectivity index (χ4n) is 3.53. The second-order valence-electron chi connectivity index (χ2n) is 6.78. The van der Waals surface area contributed by atoms with Gasteiger partial charge in [-0.15, -0.1) is 12.4 Å². The van der Waals surface area contributed by atoms with E-state index in [1.54, 1.807) is 0 Å². The lowest BCUT2D eigenvalue weighted by molar-refractivity contribution is 0.193. The molecule has 2 aliphatic heterocycles. The zero-order valence-corrected chi connectivity index (χ0v) is 14.8. The molecule has 1 aromatic rings. The summed E-state index contributed by atoms with van der Waals surface area (Å²) < 4.78 is 0. The summed E-state index contributed by atoms with van der Waals surface area (Å²) in [5.41, 5.74) is 1.34. The van der Waals surface area contributed by atoms with E-state index in [9.17, 15) is 0 Å². The molecule has 1 aromatic heterocycles. The molecule has 0 aliphatic carbocycles. The SMILES string of the molecule is CC(C)N(C)c1ccc(CN2C3CCNCC2CC3)cn1.Cl. The van der Waals surface area contributed by atoms with Crippen molar-refractivity contribution in [2.45, 2.75) is 57.8 Å². The Hall–Kier alpha value is -0.840. The molecule has 1 N–H and O–H groups in total. The third-order valence-electron chi connectivity index (χ3n) is 5.12. The molecule has 2 bridgehead atoms. The zero-order chi connectivity index (χ0) is 14.8. The van der Waals surface area contributed by atoms with Gasteiger partial charge in [-0.25, -0.2) is 4.98 Å². The van der Waals surface area contributed by atoms with Crippen molar-refractivity contribution in [2.75, 3.05) is 25.0 Å². The van der Waals surface area contributed by atoms with Gasteiger partial charge in [-0.05, 0) is 51.3 Å². The van der Waals surface area contributed by atoms with Gasteiger partial charge in [0.05, 0.1) is 0 Å². The van der Waals surface area contributed by atoms with Crippen LogP contribution in [0.1, 0.15) is 38.7 Å². The van der Waals surface area contributed by atoms with Crippen LogP contribution in [-0.4, -0.2) is 48.1 Å². The quantitative estimate of drug-likeness (QED) is 0.922. The maximum Gasteiger partial charge on any atom is 0.128 e. The van der Waals surface area contributed by atoms with E-state index in [2.05, 4.69) is 59.3 Å². The van der Waals surface area contributed by atoms with Gasteiger partial charge in [0.15, 0.2) is 0 Å². The Morgan fingerprint density at radius 3 is 2.73 bits per heavy atom. The second-order valence-corrected chi connectivity index (χ2v) is 6.78. The summed E-state index contributed by atoms with van der Waals surface area (Å²) in [6, 6.07) is 6.38. The first-order valence-corrected chi connectivity index (χ1v) is 8.29. The van der Waals surface area contributed by atoms with Crippen LogP contribution in [0, 0.1) is 0 Å². The minimum atomic E-state index is 0. The van der Waals surface area contributed by atoms with E-state index in [0.29, 0.717) is 6.04 Å². The summed E-state index contributed by atoms with van der Waals surface area (Å²) in [5.74, 6) is 1.06. The maximum atomic E-state index is 4.64. The number of hydrogen-bond acceptors (Lipinski definition) is 4. The van der Waals surface area contributed by atoms with Crippen molar-refractivity contribution >= 4 is 18.2 Å². The summed E-state index contributed by atoms with van der Waals surface area (Å²) in [6.07, 6.45) is 6.07. The molecule has 0 radical (unpaired) electrons. The lowest BCUT2D eigenvalue weighted by Gasteiger charge is -2.28. The highest BCUT2D eigenvalue weighted by atomic mass is 35.5. The molecule has 5 heteroatoms. The predicted octanol–water partition coefficient (Wildman–Crippen LogP) is 2.67. The van der Waals surface area contributed by atoms with Crippen LogP contribution in [0.25, 0.3) is 0 Å². The van der Waals surface area contributed by atoms with Crippen molar-refractivity contribution in [3.63, 3.8) is 0 Å². The molecule has 2 saturated heterocycles. The van der Waals surface area contributed by atoms with Crippen LogP contribution in [0.5, 0.6) is 0 Å². The lowest BCUT2D eigenvalue weighted by atomic mass is 10.1. The Morgan fingerprint density at radius 2 is 2.05 bits per heavy atom. The Labute approximate surface area is 140 Å². The molecule has 3 rings (SSSR count). The average molecular weight is 325 g/mol. The molecular formula is C17H29ClN4. The minimum absolute atomic E-state index is 0. The predicted molar refractivity (Wildman–Crippen MR) is 94.9 cm³/mol. The fourth-order valence-corrected chi connectivity index (χ4v) is 3.53. The highest BCUT2D eigenvalue weighted by Crippen LogP contribution is 2.29. The third-order valence-corrected chi connectivity index (χ3v) is 5.12. The van der Waals surface area contributed by atoms with Crippen LogP contribution in [0.2, 0.25) is 0 Å². The normalized spacial score (nSPS) is 24.9. The number of nitrogens with one attached hydrogen (secondary N) is 1. The minimum Gasteiger partial charge on any atom is -0.357 e. The van der Waals surface area contributed by atoms with Crippen molar-refractivity contribution in [1.29, 1.82) is 0 Å². The molecule has 124 valence electrons. The lowest BCUT2D eigenvalue weighted by Crippen LogP contribution is -2.37. The average Bonchev–Trinajstić information content (AvgIpc) is 2.72. The largest absolute Gasteiger partial charge is 0.357 e. The number of rotatable bonds is 4. The molecule has 4 nitrogen and oxygen atoms in total. The molecule has 2 aliphatic rings. The number of pyridine rings is 1. The number of aromatic nitrogens is 1. The molecule has 22 heavy (non-hydrogen) atoms. The third kappa shape index (κ3) is 3.73. The smallest absolute Gasteiger partial charge is 0.128 e. The molecule has 0 saturated carbocycles. The van der Waals surface area contributed by atoms with Crippen LogP contribution in [0.4, 0.5) is 5.82 Å². The van der Waals surface area contributed by atoms with E-state index in [4.69, 9.17) is 0 Å². The van der Waals surface area contributed by atoms with Crippen LogP contribution in [0.3, 0.4) is 0 Å². The number of nitrogens with zero attached hydrogens (tertiary/aromatic N) is 3. The van der Waals surface area contributed by atoms with E-state index in [1.165, 1.54) is 31.4 Å². The van der Waals surface area contributed by atoms with Gasteiger partial charge in [0, 0.05) is 44.5 Å². The van der Waals surface area contributed by atoms with Gasteiger partial charge in [0.25, 0.3) is 0 Å².